The minimum absolute atomic E-state index is 0.181. The number of aromatic nitrogens is 2. The fraction of sp³-hybridized carbons (Fsp3) is 0.209. The number of carbonyl (C=O) groups is 1. The van der Waals surface area contributed by atoms with Crippen LogP contribution in [0.2, 0.25) is 5.04 Å². The van der Waals surface area contributed by atoms with Gasteiger partial charge in [0.05, 0.1) is 32.4 Å². The third kappa shape index (κ3) is 7.97. The number of ether oxygens (including phenoxy) is 2. The zero-order chi connectivity index (χ0) is 36.7. The summed E-state index contributed by atoms with van der Waals surface area (Å²) >= 11 is 0. The first-order valence-electron chi connectivity index (χ1n) is 17.2. The highest BCUT2D eigenvalue weighted by molar-refractivity contribution is 6.99. The van der Waals surface area contributed by atoms with Gasteiger partial charge in [0.15, 0.2) is 0 Å². The summed E-state index contributed by atoms with van der Waals surface area (Å²) in [5.41, 5.74) is 3.21. The monoisotopic (exact) mass is 716 g/mol. The van der Waals surface area contributed by atoms with Crippen molar-refractivity contribution in [3.63, 3.8) is 0 Å². The van der Waals surface area contributed by atoms with Gasteiger partial charge < -0.3 is 18.5 Å². The molecule has 1 aromatic heterocycles. The van der Waals surface area contributed by atoms with Gasteiger partial charge in [0.1, 0.15) is 23.6 Å². The molecule has 1 unspecified atom stereocenters. The van der Waals surface area contributed by atoms with Crippen LogP contribution >= 0.6 is 0 Å². The number of rotatable bonds is 13. The molecule has 0 N–H and O–H groups in total. The number of methoxy groups -OCH3 is 1. The minimum Gasteiger partial charge on any atom is -0.465 e. The zero-order valence-electron chi connectivity index (χ0n) is 29.8. The highest BCUT2D eigenvalue weighted by Crippen LogP contribution is 2.37. The molecular weight excluding hydrogens is 675 g/mol. The van der Waals surface area contributed by atoms with Crippen molar-refractivity contribution in [1.29, 1.82) is 0 Å². The van der Waals surface area contributed by atoms with Gasteiger partial charge in [-0.05, 0) is 74.1 Å². The van der Waals surface area contributed by atoms with E-state index in [0.29, 0.717) is 23.2 Å². The number of nitrogens with zero attached hydrogens (tertiary/aromatic N) is 2. The summed E-state index contributed by atoms with van der Waals surface area (Å²) in [6.07, 6.45) is 3.17. The summed E-state index contributed by atoms with van der Waals surface area (Å²) in [5.74, 6) is -0.471. The number of halogens is 2. The Bertz CT molecular complexity index is 2040. The van der Waals surface area contributed by atoms with Gasteiger partial charge in [-0.1, -0.05) is 112 Å². The predicted molar refractivity (Wildman–Crippen MR) is 202 cm³/mol. The van der Waals surface area contributed by atoms with Crippen LogP contribution in [0, 0.1) is 11.6 Å². The van der Waals surface area contributed by atoms with Crippen molar-refractivity contribution in [1.82, 2.24) is 9.55 Å². The van der Waals surface area contributed by atoms with Crippen molar-refractivity contribution in [2.75, 3.05) is 7.11 Å². The molecule has 0 radical (unpaired) electrons. The molecule has 0 spiro atoms. The van der Waals surface area contributed by atoms with E-state index in [2.05, 4.69) is 69.3 Å². The van der Waals surface area contributed by atoms with Gasteiger partial charge in [0.2, 0.25) is 0 Å². The summed E-state index contributed by atoms with van der Waals surface area (Å²) in [5, 5.41) is 2.15. The highest BCUT2D eigenvalue weighted by atomic mass is 28.4. The molecule has 0 aliphatic rings. The number of carbonyl (C=O) groups excluding carboxylic acids is 1. The molecule has 6 rings (SSSR count). The van der Waals surface area contributed by atoms with Crippen molar-refractivity contribution in [3.8, 4) is 11.1 Å². The smallest absolute Gasteiger partial charge is 0.338 e. The minimum atomic E-state index is -2.83. The normalized spacial score (nSPS) is 12.4. The predicted octanol–water partition coefficient (Wildman–Crippen LogP) is 8.65. The first-order chi connectivity index (χ1) is 25.1. The van der Waals surface area contributed by atoms with Gasteiger partial charge in [-0.3, -0.25) is 0 Å². The highest BCUT2D eigenvalue weighted by Gasteiger charge is 2.50. The van der Waals surface area contributed by atoms with Crippen molar-refractivity contribution >= 4 is 24.7 Å². The molecule has 0 aliphatic carbocycles. The Morgan fingerprint density at radius 1 is 0.788 bits per heavy atom. The maximum Gasteiger partial charge on any atom is 0.338 e. The molecule has 0 fully saturated rings. The standard InChI is InChI=1S/C43H42F2N2O4Si/c1-43(2,3)52(36-11-7-5-8-12-36,37-13-9-6-10-14-37)51-30-41-46-25-26-47(41)28-40(33-18-22-35(45)23-19-33)50-29-31-15-24-38(42(48)49-4)39(27-31)32-16-20-34(44)21-17-32/h5-27,40H,28-30H2,1-4H3. The maximum absolute atomic E-state index is 14.1. The van der Waals surface area contributed by atoms with Crippen LogP contribution in [0.15, 0.2) is 140 Å². The van der Waals surface area contributed by atoms with Crippen molar-refractivity contribution in [2.24, 2.45) is 0 Å². The molecule has 0 aliphatic heterocycles. The summed E-state index contributed by atoms with van der Waals surface area (Å²) in [6, 6.07) is 38.5. The Labute approximate surface area is 304 Å². The van der Waals surface area contributed by atoms with E-state index in [-0.39, 0.29) is 29.9 Å². The van der Waals surface area contributed by atoms with Gasteiger partial charge >= 0.3 is 5.97 Å². The second-order valence-corrected chi connectivity index (χ2v) is 18.0. The molecule has 0 bridgehead atoms. The van der Waals surface area contributed by atoms with Gasteiger partial charge in [-0.15, -0.1) is 0 Å². The summed E-state index contributed by atoms with van der Waals surface area (Å²) in [4.78, 5) is 17.4. The lowest BCUT2D eigenvalue weighted by Crippen LogP contribution is -2.66. The van der Waals surface area contributed by atoms with Gasteiger partial charge in [0.25, 0.3) is 8.32 Å². The first-order valence-corrected chi connectivity index (χ1v) is 19.1. The molecule has 9 heteroatoms. The molecule has 0 saturated carbocycles. The van der Waals surface area contributed by atoms with Crippen LogP contribution in [-0.2, 0) is 33.7 Å². The van der Waals surface area contributed by atoms with Crippen LogP contribution < -0.4 is 10.4 Å². The van der Waals surface area contributed by atoms with Crippen LogP contribution in [0.4, 0.5) is 8.78 Å². The Kier molecular flexibility index (Phi) is 11.2. The lowest BCUT2D eigenvalue weighted by atomic mass is 9.97. The number of esters is 1. The molecular formula is C43H42F2N2O4Si. The molecule has 1 atom stereocenters. The second kappa shape index (κ2) is 16.0. The lowest BCUT2D eigenvalue weighted by Gasteiger charge is -2.43. The molecule has 0 saturated heterocycles. The number of benzene rings is 5. The summed E-state index contributed by atoms with van der Waals surface area (Å²) in [6.45, 7) is 7.55. The van der Waals surface area contributed by atoms with Crippen molar-refractivity contribution in [3.05, 3.63) is 174 Å². The van der Waals surface area contributed by atoms with Crippen LogP contribution in [-0.4, -0.2) is 30.9 Å². The average molecular weight is 717 g/mol. The van der Waals surface area contributed by atoms with E-state index in [1.54, 1.807) is 42.6 Å². The zero-order valence-corrected chi connectivity index (χ0v) is 30.8. The number of hydrogen-bond donors (Lipinski definition) is 0. The topological polar surface area (TPSA) is 62.6 Å². The third-order valence-corrected chi connectivity index (χ3v) is 14.3. The number of hydrogen-bond acceptors (Lipinski definition) is 5. The van der Waals surface area contributed by atoms with Crippen LogP contribution in [0.25, 0.3) is 11.1 Å². The fourth-order valence-electron chi connectivity index (χ4n) is 6.73. The van der Waals surface area contributed by atoms with Gasteiger partial charge in [-0.25, -0.2) is 18.6 Å². The van der Waals surface area contributed by atoms with E-state index < -0.39 is 20.4 Å². The van der Waals surface area contributed by atoms with Gasteiger partial charge in [0, 0.05) is 12.4 Å². The van der Waals surface area contributed by atoms with E-state index in [0.717, 1.165) is 17.0 Å². The van der Waals surface area contributed by atoms with E-state index in [4.69, 9.17) is 18.9 Å². The Hall–Kier alpha value is -5.22. The molecule has 266 valence electrons. The first kappa shape index (κ1) is 36.6. The average Bonchev–Trinajstić information content (AvgIpc) is 3.61. The molecule has 1 heterocycles. The molecule has 0 amide bonds. The Balaban J connectivity index is 1.29. The van der Waals surface area contributed by atoms with E-state index >= 15 is 0 Å². The summed E-state index contributed by atoms with van der Waals surface area (Å²) < 4.78 is 48.6. The van der Waals surface area contributed by atoms with Crippen molar-refractivity contribution in [2.45, 2.75) is 51.7 Å². The second-order valence-electron chi connectivity index (χ2n) is 13.7. The molecule has 5 aromatic carbocycles. The molecule has 52 heavy (non-hydrogen) atoms. The van der Waals surface area contributed by atoms with E-state index in [1.807, 2.05) is 29.0 Å². The quantitative estimate of drug-likeness (QED) is 0.0885. The summed E-state index contributed by atoms with van der Waals surface area (Å²) in [7, 11) is -1.51. The largest absolute Gasteiger partial charge is 0.465 e. The fourth-order valence-corrected chi connectivity index (χ4v) is 11.2. The van der Waals surface area contributed by atoms with Crippen LogP contribution in [0.3, 0.4) is 0 Å². The molecule has 6 nitrogen and oxygen atoms in total. The third-order valence-electron chi connectivity index (χ3n) is 9.34. The SMILES string of the molecule is COC(=O)c1ccc(COC(Cn2ccnc2CO[Si](c2ccccc2)(c2ccccc2)C(C)(C)C)c2ccc(F)cc2)cc1-c1ccc(F)cc1. The Morgan fingerprint density at radius 2 is 1.38 bits per heavy atom. The van der Waals surface area contributed by atoms with E-state index in [9.17, 15) is 13.6 Å². The Morgan fingerprint density at radius 3 is 1.96 bits per heavy atom. The van der Waals surface area contributed by atoms with E-state index in [1.165, 1.54) is 41.7 Å². The molecule has 6 aromatic rings. The van der Waals surface area contributed by atoms with Gasteiger partial charge in [-0.2, -0.15) is 0 Å². The number of imidazole rings is 1. The van der Waals surface area contributed by atoms with Crippen molar-refractivity contribution < 1.29 is 27.5 Å². The van der Waals surface area contributed by atoms with Crippen LogP contribution in [0.1, 0.15) is 54.2 Å². The van der Waals surface area contributed by atoms with Crippen LogP contribution in [0.5, 0.6) is 0 Å². The lowest BCUT2D eigenvalue weighted by molar-refractivity contribution is 0.0268. The maximum atomic E-state index is 14.1.